The number of alkyl carbamates (subject to hydrolysis) is 1. The van der Waals surface area contributed by atoms with Gasteiger partial charge >= 0.3 is 12.1 Å². The molecule has 2 heterocycles. The third-order valence-electron chi connectivity index (χ3n) is 5.53. The summed E-state index contributed by atoms with van der Waals surface area (Å²) in [6, 6.07) is 2.67. The van der Waals surface area contributed by atoms with Crippen LogP contribution in [0.4, 0.5) is 9.18 Å². The fraction of sp³-hybridized carbons (Fsp3) is 0.545. The first-order valence-electron chi connectivity index (χ1n) is 10.6. The molecule has 10 heteroatoms. The van der Waals surface area contributed by atoms with Gasteiger partial charge in [0.15, 0.2) is 0 Å². The average Bonchev–Trinajstić information content (AvgIpc) is 3.10. The highest BCUT2D eigenvalue weighted by Crippen LogP contribution is 2.29. The number of hydrogen-bond donors (Lipinski definition) is 2. The molecule has 0 aliphatic carbocycles. The summed E-state index contributed by atoms with van der Waals surface area (Å²) in [6.45, 7) is 5.04. The molecule has 0 bridgehead atoms. The van der Waals surface area contributed by atoms with Crippen molar-refractivity contribution in [2.45, 2.75) is 63.8 Å². The molecule has 0 radical (unpaired) electrons. The second-order valence-corrected chi connectivity index (χ2v) is 9.08. The molecule has 9 nitrogen and oxygen atoms in total. The van der Waals surface area contributed by atoms with Crippen molar-refractivity contribution in [3.05, 3.63) is 35.6 Å². The van der Waals surface area contributed by atoms with Gasteiger partial charge in [0.2, 0.25) is 5.91 Å². The second kappa shape index (κ2) is 9.13. The maximum absolute atomic E-state index is 13.6. The Morgan fingerprint density at radius 2 is 1.91 bits per heavy atom. The third kappa shape index (κ3) is 5.35. The Labute approximate surface area is 185 Å². The summed E-state index contributed by atoms with van der Waals surface area (Å²) < 4.78 is 18.9. The second-order valence-electron chi connectivity index (χ2n) is 9.08. The number of hydrogen-bond acceptors (Lipinski definition) is 5. The standard InChI is InChI=1S/C22H28FN3O6/c1-22(2,3)32-21(31)24-16-12-25(18(27)13-5-4-6-14(23)11-13)10-9-15-7-8-17(20(29)30)26(15)19(16)28/h4-6,11,15-17H,7-10,12H2,1-3H3,(H,24,31)(H,29,30). The molecule has 0 saturated carbocycles. The molecule has 2 saturated heterocycles. The molecular formula is C22H28FN3O6. The van der Waals surface area contributed by atoms with E-state index >= 15 is 0 Å². The number of benzene rings is 1. The van der Waals surface area contributed by atoms with E-state index in [0.717, 1.165) is 6.07 Å². The Morgan fingerprint density at radius 1 is 1.19 bits per heavy atom. The fourth-order valence-electron chi connectivity index (χ4n) is 4.16. The van der Waals surface area contributed by atoms with E-state index in [1.54, 1.807) is 20.8 Å². The average molecular weight is 449 g/mol. The predicted molar refractivity (Wildman–Crippen MR) is 111 cm³/mol. The van der Waals surface area contributed by atoms with Gasteiger partial charge in [-0.3, -0.25) is 9.59 Å². The molecule has 2 fully saturated rings. The maximum Gasteiger partial charge on any atom is 0.408 e. The van der Waals surface area contributed by atoms with Gasteiger partial charge in [-0.15, -0.1) is 0 Å². The number of amides is 3. The van der Waals surface area contributed by atoms with Crippen molar-refractivity contribution >= 4 is 23.9 Å². The molecule has 174 valence electrons. The molecule has 3 atom stereocenters. The van der Waals surface area contributed by atoms with Crippen molar-refractivity contribution < 1.29 is 33.4 Å². The minimum atomic E-state index is -1.20. The third-order valence-corrected chi connectivity index (χ3v) is 5.53. The number of carboxylic acids is 1. The van der Waals surface area contributed by atoms with Crippen molar-refractivity contribution in [1.82, 2.24) is 15.1 Å². The van der Waals surface area contributed by atoms with E-state index in [1.165, 1.54) is 28.0 Å². The van der Waals surface area contributed by atoms with Crippen LogP contribution in [0.15, 0.2) is 24.3 Å². The molecular weight excluding hydrogens is 421 g/mol. The molecule has 3 amide bonds. The largest absolute Gasteiger partial charge is 0.480 e. The monoisotopic (exact) mass is 449 g/mol. The van der Waals surface area contributed by atoms with Gasteiger partial charge in [0, 0.05) is 18.2 Å². The molecule has 2 N–H and O–H groups in total. The predicted octanol–water partition coefficient (Wildman–Crippen LogP) is 2.01. The number of aliphatic carboxylic acids is 1. The molecule has 3 unspecified atom stereocenters. The molecule has 2 aliphatic heterocycles. The molecule has 1 aromatic carbocycles. The number of nitrogens with one attached hydrogen (secondary N) is 1. The van der Waals surface area contributed by atoms with Crippen molar-refractivity contribution in [3.8, 4) is 0 Å². The van der Waals surface area contributed by atoms with Crippen molar-refractivity contribution in [1.29, 1.82) is 0 Å². The quantitative estimate of drug-likeness (QED) is 0.729. The van der Waals surface area contributed by atoms with Gasteiger partial charge in [-0.1, -0.05) is 6.07 Å². The number of carbonyl (C=O) groups excluding carboxylic acids is 3. The Bertz CT molecular complexity index is 915. The van der Waals surface area contributed by atoms with Gasteiger partial charge in [0.05, 0.1) is 6.54 Å². The molecule has 0 aromatic heterocycles. The lowest BCUT2D eigenvalue weighted by molar-refractivity contribution is -0.151. The zero-order chi connectivity index (χ0) is 23.6. The number of ether oxygens (including phenoxy) is 1. The van der Waals surface area contributed by atoms with E-state index in [4.69, 9.17) is 4.74 Å². The Morgan fingerprint density at radius 3 is 2.53 bits per heavy atom. The van der Waals surface area contributed by atoms with Crippen LogP contribution in [0, 0.1) is 5.82 Å². The van der Waals surface area contributed by atoms with Crippen LogP contribution in [0.3, 0.4) is 0 Å². The van der Waals surface area contributed by atoms with Crippen LogP contribution in [0.2, 0.25) is 0 Å². The molecule has 0 spiro atoms. The SMILES string of the molecule is CC(C)(C)OC(=O)NC1CN(C(=O)c2cccc(F)c2)CCC2CCC(C(=O)O)N2C1=O. The lowest BCUT2D eigenvalue weighted by Crippen LogP contribution is -2.60. The van der Waals surface area contributed by atoms with Crippen LogP contribution in [-0.4, -0.2) is 75.6 Å². The molecule has 3 rings (SSSR count). The van der Waals surface area contributed by atoms with Crippen molar-refractivity contribution in [2.75, 3.05) is 13.1 Å². The maximum atomic E-state index is 13.6. The van der Waals surface area contributed by atoms with Gasteiger partial charge in [-0.05, 0) is 58.2 Å². The highest BCUT2D eigenvalue weighted by atomic mass is 19.1. The summed E-state index contributed by atoms with van der Waals surface area (Å²) in [5, 5.41) is 12.1. The number of nitrogens with zero attached hydrogens (tertiary/aromatic N) is 2. The summed E-state index contributed by atoms with van der Waals surface area (Å²) >= 11 is 0. The Hall–Kier alpha value is -3.17. The van der Waals surface area contributed by atoms with Crippen molar-refractivity contribution in [3.63, 3.8) is 0 Å². The van der Waals surface area contributed by atoms with Crippen LogP contribution < -0.4 is 5.32 Å². The first kappa shape index (κ1) is 23.5. The number of halogens is 1. The summed E-state index contributed by atoms with van der Waals surface area (Å²) in [4.78, 5) is 53.2. The summed E-state index contributed by atoms with van der Waals surface area (Å²) in [5.41, 5.74) is -0.688. The minimum absolute atomic E-state index is 0.126. The lowest BCUT2D eigenvalue weighted by atomic mass is 10.1. The van der Waals surface area contributed by atoms with Crippen LogP contribution >= 0.6 is 0 Å². The zero-order valence-corrected chi connectivity index (χ0v) is 18.3. The van der Waals surface area contributed by atoms with E-state index in [1.807, 2.05) is 0 Å². The van der Waals surface area contributed by atoms with Crippen LogP contribution in [0.5, 0.6) is 0 Å². The van der Waals surface area contributed by atoms with Gasteiger partial charge in [-0.2, -0.15) is 0 Å². The first-order chi connectivity index (χ1) is 15.0. The summed E-state index contributed by atoms with van der Waals surface area (Å²) in [7, 11) is 0. The number of carboxylic acid groups (broad SMARTS) is 1. The minimum Gasteiger partial charge on any atom is -0.480 e. The highest BCUT2D eigenvalue weighted by Gasteiger charge is 2.45. The fourth-order valence-corrected chi connectivity index (χ4v) is 4.16. The molecule has 1 aromatic rings. The van der Waals surface area contributed by atoms with Crippen LogP contribution in [0.1, 0.15) is 50.4 Å². The molecule has 32 heavy (non-hydrogen) atoms. The van der Waals surface area contributed by atoms with Gasteiger partial charge in [0.1, 0.15) is 23.5 Å². The Kier molecular flexibility index (Phi) is 6.71. The van der Waals surface area contributed by atoms with Gasteiger partial charge < -0.3 is 25.0 Å². The van der Waals surface area contributed by atoms with E-state index in [0.29, 0.717) is 19.3 Å². The highest BCUT2D eigenvalue weighted by molar-refractivity contribution is 5.96. The van der Waals surface area contributed by atoms with Gasteiger partial charge in [-0.25, -0.2) is 14.0 Å². The lowest BCUT2D eigenvalue weighted by Gasteiger charge is -2.38. The van der Waals surface area contributed by atoms with E-state index in [-0.39, 0.29) is 24.7 Å². The Balaban J connectivity index is 1.89. The number of rotatable bonds is 3. The van der Waals surface area contributed by atoms with E-state index < -0.39 is 47.4 Å². The van der Waals surface area contributed by atoms with Gasteiger partial charge in [0.25, 0.3) is 5.91 Å². The zero-order valence-electron chi connectivity index (χ0n) is 18.3. The number of carbonyl (C=O) groups is 4. The number of fused-ring (bicyclic) bond motifs is 1. The normalized spacial score (nSPS) is 23.8. The first-order valence-corrected chi connectivity index (χ1v) is 10.6. The summed E-state index contributed by atoms with van der Waals surface area (Å²) in [6.07, 6.45) is 0.305. The van der Waals surface area contributed by atoms with Crippen molar-refractivity contribution in [2.24, 2.45) is 0 Å². The van der Waals surface area contributed by atoms with Crippen LogP contribution in [-0.2, 0) is 14.3 Å². The topological polar surface area (TPSA) is 116 Å². The van der Waals surface area contributed by atoms with E-state index in [2.05, 4.69) is 5.32 Å². The van der Waals surface area contributed by atoms with Crippen LogP contribution in [0.25, 0.3) is 0 Å². The summed E-state index contributed by atoms with van der Waals surface area (Å²) in [5.74, 6) is -2.73. The smallest absolute Gasteiger partial charge is 0.408 e. The molecule has 2 aliphatic rings. The van der Waals surface area contributed by atoms with E-state index in [9.17, 15) is 28.7 Å².